The highest BCUT2D eigenvalue weighted by molar-refractivity contribution is 5.14. The minimum atomic E-state index is -0.176. The first-order valence-corrected chi connectivity index (χ1v) is 13.8. The first-order valence-electron chi connectivity index (χ1n) is 13.8. The Labute approximate surface area is 194 Å². The normalized spacial score (nSPS) is 54.8. The summed E-state index contributed by atoms with van der Waals surface area (Å²) < 4.78 is 5.61. The van der Waals surface area contributed by atoms with Crippen molar-refractivity contribution in [2.75, 3.05) is 39.4 Å². The van der Waals surface area contributed by atoms with E-state index in [2.05, 4.69) is 23.6 Å². The van der Waals surface area contributed by atoms with Crippen molar-refractivity contribution < 1.29 is 14.9 Å². The summed E-state index contributed by atoms with van der Waals surface area (Å²) in [5, 5.41) is 22.7. The summed E-state index contributed by atoms with van der Waals surface area (Å²) >= 11 is 0. The van der Waals surface area contributed by atoms with Gasteiger partial charge in [-0.3, -0.25) is 9.80 Å². The smallest absolute Gasteiger partial charge is 0.0751 e. The Hall–Kier alpha value is -0.200. The van der Waals surface area contributed by atoms with Crippen molar-refractivity contribution >= 4 is 0 Å². The Balaban J connectivity index is 1.25. The molecule has 0 bridgehead atoms. The van der Waals surface area contributed by atoms with E-state index in [1.54, 1.807) is 0 Å². The van der Waals surface area contributed by atoms with E-state index in [0.29, 0.717) is 29.3 Å². The van der Waals surface area contributed by atoms with Crippen molar-refractivity contribution in [1.29, 1.82) is 0 Å². The van der Waals surface area contributed by atoms with Gasteiger partial charge in [0.1, 0.15) is 0 Å². The zero-order chi connectivity index (χ0) is 22.1. The topological polar surface area (TPSA) is 56.2 Å². The first kappa shape index (κ1) is 22.3. The lowest BCUT2D eigenvalue weighted by molar-refractivity contribution is -0.158. The molecule has 0 aromatic carbocycles. The number of rotatable bonds is 2. The molecular weight excluding hydrogens is 400 g/mol. The van der Waals surface area contributed by atoms with Crippen LogP contribution in [0.15, 0.2) is 0 Å². The predicted molar refractivity (Wildman–Crippen MR) is 125 cm³/mol. The summed E-state index contributed by atoms with van der Waals surface area (Å²) in [5.74, 6) is 2.87. The van der Waals surface area contributed by atoms with Crippen LogP contribution < -0.4 is 0 Å². The number of nitrogens with zero attached hydrogens (tertiary/aromatic N) is 2. The average Bonchev–Trinajstić information content (AvgIpc) is 3.41. The maximum atomic E-state index is 11.5. The van der Waals surface area contributed by atoms with E-state index in [1.807, 2.05) is 0 Å². The van der Waals surface area contributed by atoms with Gasteiger partial charge in [0, 0.05) is 25.2 Å². The van der Waals surface area contributed by atoms with Crippen LogP contribution in [0.1, 0.15) is 71.6 Å². The van der Waals surface area contributed by atoms with Crippen molar-refractivity contribution in [3.63, 3.8) is 0 Å². The van der Waals surface area contributed by atoms with Gasteiger partial charge in [-0.2, -0.15) is 0 Å². The van der Waals surface area contributed by atoms with E-state index in [1.165, 1.54) is 58.0 Å². The summed E-state index contributed by atoms with van der Waals surface area (Å²) in [6, 6.07) is 0.699. The van der Waals surface area contributed by atoms with Crippen LogP contribution >= 0.6 is 0 Å². The van der Waals surface area contributed by atoms with E-state index < -0.39 is 0 Å². The van der Waals surface area contributed by atoms with Gasteiger partial charge in [-0.1, -0.05) is 13.8 Å². The Morgan fingerprint density at radius 1 is 0.781 bits per heavy atom. The molecule has 32 heavy (non-hydrogen) atoms. The lowest BCUT2D eigenvalue weighted by Gasteiger charge is -2.62. The van der Waals surface area contributed by atoms with Crippen molar-refractivity contribution in [2.45, 2.75) is 95.9 Å². The molecule has 5 nitrogen and oxygen atoms in total. The van der Waals surface area contributed by atoms with Gasteiger partial charge in [0.2, 0.25) is 0 Å². The van der Waals surface area contributed by atoms with Gasteiger partial charge in [-0.05, 0) is 105 Å². The molecule has 5 heteroatoms. The highest BCUT2D eigenvalue weighted by Crippen LogP contribution is 2.66. The Morgan fingerprint density at radius 3 is 2.25 bits per heavy atom. The van der Waals surface area contributed by atoms with Gasteiger partial charge in [0.05, 0.1) is 25.4 Å². The summed E-state index contributed by atoms with van der Waals surface area (Å²) in [6.45, 7) is 11.0. The van der Waals surface area contributed by atoms with Gasteiger partial charge in [-0.15, -0.1) is 0 Å². The van der Waals surface area contributed by atoms with Crippen LogP contribution in [0.5, 0.6) is 0 Å². The predicted octanol–water partition coefficient (Wildman–Crippen LogP) is 3.14. The zero-order valence-electron chi connectivity index (χ0n) is 20.4. The van der Waals surface area contributed by atoms with E-state index in [0.717, 1.165) is 51.0 Å². The molecule has 2 N–H and O–H groups in total. The molecule has 0 aromatic heterocycles. The molecule has 2 saturated heterocycles. The summed E-state index contributed by atoms with van der Waals surface area (Å²) in [4.78, 5) is 5.16. The molecule has 0 spiro atoms. The average molecular weight is 447 g/mol. The van der Waals surface area contributed by atoms with Crippen molar-refractivity contribution in [3.8, 4) is 0 Å². The van der Waals surface area contributed by atoms with Gasteiger partial charge in [0.15, 0.2) is 0 Å². The first-order chi connectivity index (χ1) is 15.4. The molecule has 2 aliphatic heterocycles. The minimum absolute atomic E-state index is 0.107. The third kappa shape index (κ3) is 3.28. The number of hydrogen-bond donors (Lipinski definition) is 2. The largest absolute Gasteiger partial charge is 0.391 e. The fraction of sp³-hybridized carbons (Fsp3) is 1.00. The van der Waals surface area contributed by atoms with Crippen LogP contribution in [0.25, 0.3) is 0 Å². The summed E-state index contributed by atoms with van der Waals surface area (Å²) in [6.07, 6.45) is 10.7. The fourth-order valence-corrected chi connectivity index (χ4v) is 9.97. The zero-order valence-corrected chi connectivity index (χ0v) is 20.4. The van der Waals surface area contributed by atoms with Crippen LogP contribution in [-0.4, -0.2) is 83.7 Å². The van der Waals surface area contributed by atoms with E-state index in [-0.39, 0.29) is 17.6 Å². The Morgan fingerprint density at radius 2 is 1.50 bits per heavy atom. The fourth-order valence-electron chi connectivity index (χ4n) is 9.97. The lowest BCUT2D eigenvalue weighted by atomic mass is 9.44. The van der Waals surface area contributed by atoms with Crippen LogP contribution in [0, 0.1) is 34.5 Å². The molecule has 0 radical (unpaired) electrons. The third-order valence-electron chi connectivity index (χ3n) is 11.8. The van der Waals surface area contributed by atoms with Crippen molar-refractivity contribution in [1.82, 2.24) is 9.80 Å². The highest BCUT2D eigenvalue weighted by atomic mass is 16.5. The van der Waals surface area contributed by atoms with Crippen molar-refractivity contribution in [2.24, 2.45) is 34.5 Å². The molecule has 6 fully saturated rings. The third-order valence-corrected chi connectivity index (χ3v) is 11.8. The number of morpholine rings is 1. The monoisotopic (exact) mass is 446 g/mol. The number of likely N-dealkylation sites (tertiary alicyclic amines) is 1. The van der Waals surface area contributed by atoms with Crippen LogP contribution in [-0.2, 0) is 4.74 Å². The molecule has 0 amide bonds. The van der Waals surface area contributed by atoms with Gasteiger partial charge in [0.25, 0.3) is 0 Å². The molecule has 10 atom stereocenters. The molecule has 4 aliphatic carbocycles. The van der Waals surface area contributed by atoms with E-state index in [4.69, 9.17) is 4.74 Å². The minimum Gasteiger partial charge on any atom is -0.391 e. The molecule has 4 saturated carbocycles. The highest BCUT2D eigenvalue weighted by Gasteiger charge is 2.63. The molecular formula is C27H46N2O3. The van der Waals surface area contributed by atoms with Gasteiger partial charge >= 0.3 is 0 Å². The second kappa shape index (κ2) is 8.19. The van der Waals surface area contributed by atoms with E-state index >= 15 is 0 Å². The number of hydrogen-bond acceptors (Lipinski definition) is 5. The molecule has 2 heterocycles. The standard InChI is InChI=1S/C27H46N2O3/c1-26-8-7-20-19(21(26)16-22(25(26)31)28-9-3-4-10-28)6-5-18-15-24(30)23(17-27(18,20)2)29-11-13-32-14-12-29/h18-25,30-31H,3-17H2,1-2H3/t18-,19+,20-,21-,22+,23-,24-,25+,26-,27-/m0/s1. The second-order valence-electron chi connectivity index (χ2n) is 12.9. The van der Waals surface area contributed by atoms with Crippen LogP contribution in [0.4, 0.5) is 0 Å². The lowest BCUT2D eigenvalue weighted by Crippen LogP contribution is -2.61. The molecule has 182 valence electrons. The Bertz CT molecular complexity index is 692. The van der Waals surface area contributed by atoms with E-state index in [9.17, 15) is 10.2 Å². The Kier molecular flexibility index (Phi) is 5.70. The van der Waals surface area contributed by atoms with Crippen molar-refractivity contribution in [3.05, 3.63) is 0 Å². The number of aliphatic hydroxyl groups excluding tert-OH is 2. The molecule has 0 unspecified atom stereocenters. The molecule has 6 aliphatic rings. The maximum Gasteiger partial charge on any atom is 0.0751 e. The SMILES string of the molecule is C[C@]12C[C@H](N3CCOCC3)[C@@H](O)C[C@@H]1CC[C@@H]1[C@@H]2CC[C@]2(C)[C@H](O)[C@H](N3CCCC3)C[C@@H]12. The summed E-state index contributed by atoms with van der Waals surface area (Å²) in [7, 11) is 0. The number of fused-ring (bicyclic) bond motifs is 5. The molecule has 6 rings (SSSR count). The van der Waals surface area contributed by atoms with Gasteiger partial charge in [-0.25, -0.2) is 0 Å². The molecule has 0 aromatic rings. The maximum absolute atomic E-state index is 11.5. The quantitative estimate of drug-likeness (QED) is 0.683. The van der Waals surface area contributed by atoms with Crippen LogP contribution in [0.2, 0.25) is 0 Å². The second-order valence-corrected chi connectivity index (χ2v) is 12.9. The van der Waals surface area contributed by atoms with Gasteiger partial charge < -0.3 is 14.9 Å². The number of aliphatic hydroxyl groups is 2. The van der Waals surface area contributed by atoms with Crippen LogP contribution in [0.3, 0.4) is 0 Å². The summed E-state index contributed by atoms with van der Waals surface area (Å²) in [5.41, 5.74) is 0.443. The number of ether oxygens (including phenoxy) is 1.